The summed E-state index contributed by atoms with van der Waals surface area (Å²) in [5, 5.41) is 9.28. The maximum atomic E-state index is 13.7. The molecule has 0 spiro atoms. The molecule has 0 bridgehead atoms. The van der Waals surface area contributed by atoms with E-state index in [4.69, 9.17) is 26.2 Å². The number of H-pyrrole nitrogens is 1. The van der Waals surface area contributed by atoms with Crippen LogP contribution >= 0.6 is 11.6 Å². The number of ether oxygens (including phenoxy) is 2. The quantitative estimate of drug-likeness (QED) is 0.373. The molecule has 1 aliphatic carbocycles. The minimum Gasteiger partial charge on any atom is -0.482 e. The molecule has 2 aromatic carbocycles. The van der Waals surface area contributed by atoms with Crippen LogP contribution in [-0.4, -0.2) is 22.7 Å². The number of carboxylic acid groups (broad SMARTS) is 1. The van der Waals surface area contributed by atoms with Gasteiger partial charge in [0.15, 0.2) is 12.4 Å². The van der Waals surface area contributed by atoms with Crippen LogP contribution in [0.2, 0.25) is 5.02 Å². The highest BCUT2D eigenvalue weighted by Gasteiger charge is 2.37. The molecule has 9 heteroatoms. The third kappa shape index (κ3) is 5.55. The monoisotopic (exact) mass is 481 g/mol. The zero-order valence-electron chi connectivity index (χ0n) is 17.7. The average molecular weight is 482 g/mol. The summed E-state index contributed by atoms with van der Waals surface area (Å²) in [5.41, 5.74) is 0.849. The van der Waals surface area contributed by atoms with Crippen LogP contribution in [0.4, 0.5) is 13.2 Å². The highest BCUT2D eigenvalue weighted by atomic mass is 35.5. The number of rotatable bonds is 7. The third-order valence-electron chi connectivity index (χ3n) is 5.88. The summed E-state index contributed by atoms with van der Waals surface area (Å²) in [7, 11) is 0. The number of benzene rings is 2. The molecule has 0 atom stereocenters. The fourth-order valence-corrected chi connectivity index (χ4v) is 4.57. The van der Waals surface area contributed by atoms with Crippen LogP contribution in [0, 0.1) is 5.92 Å². The van der Waals surface area contributed by atoms with E-state index in [1.165, 1.54) is 32.1 Å². The Hall–Kier alpha value is -2.87. The number of alkyl halides is 3. The first kappa shape index (κ1) is 23.3. The Kier molecular flexibility index (Phi) is 6.74. The van der Waals surface area contributed by atoms with E-state index in [1.54, 1.807) is 18.2 Å². The molecule has 0 amide bonds. The van der Waals surface area contributed by atoms with Crippen molar-refractivity contribution in [1.82, 2.24) is 4.98 Å². The summed E-state index contributed by atoms with van der Waals surface area (Å²) in [6, 6.07) is 6.86. The van der Waals surface area contributed by atoms with E-state index in [-0.39, 0.29) is 16.5 Å². The van der Waals surface area contributed by atoms with Crippen molar-refractivity contribution >= 4 is 28.5 Å². The lowest BCUT2D eigenvalue weighted by Crippen LogP contribution is -2.12. The van der Waals surface area contributed by atoms with E-state index >= 15 is 0 Å². The molecule has 0 radical (unpaired) electrons. The van der Waals surface area contributed by atoms with Gasteiger partial charge in [-0.25, -0.2) is 4.79 Å². The number of halogens is 4. The molecule has 1 aliphatic rings. The molecule has 2 N–H and O–H groups in total. The first-order chi connectivity index (χ1) is 15.7. The third-order valence-corrected chi connectivity index (χ3v) is 6.16. The molecule has 0 saturated heterocycles. The molecule has 1 aromatic heterocycles. The fraction of sp³-hybridized carbons (Fsp3) is 0.375. The van der Waals surface area contributed by atoms with Gasteiger partial charge in [-0.05, 0) is 42.2 Å². The van der Waals surface area contributed by atoms with Crippen LogP contribution in [-0.2, 0) is 17.4 Å². The Bertz CT molecular complexity index is 1150. The van der Waals surface area contributed by atoms with Gasteiger partial charge in [0.2, 0.25) is 0 Å². The number of aromatic amines is 1. The Morgan fingerprint density at radius 3 is 2.58 bits per heavy atom. The van der Waals surface area contributed by atoms with Gasteiger partial charge in [0.25, 0.3) is 0 Å². The predicted octanol–water partition coefficient (Wildman–Crippen LogP) is 7.22. The molecule has 1 heterocycles. The number of carbonyl (C=O) groups is 1. The number of aliphatic carboxylic acids is 1. The Morgan fingerprint density at radius 1 is 1.12 bits per heavy atom. The maximum absolute atomic E-state index is 13.7. The molecule has 4 rings (SSSR count). The standard InChI is InChI=1S/C24H23ClF3NO4/c25-20-11-17(32-13-22(30)31)10-19(24(26,27)28)23(20)33-16-6-7-21-18(9-16)15(12-29-21)8-14-4-2-1-3-5-14/h6-7,9-12,14,29H,1-5,8,13H2,(H,30,31). The SMILES string of the molecule is O=C(O)COc1cc(Cl)c(Oc2ccc3[nH]cc(CC4CCCCC4)c3c2)c(C(F)(F)F)c1. The molecule has 3 aromatic rings. The van der Waals surface area contributed by atoms with E-state index in [2.05, 4.69) is 4.98 Å². The minimum absolute atomic E-state index is 0.221. The van der Waals surface area contributed by atoms with E-state index < -0.39 is 30.1 Å². The highest BCUT2D eigenvalue weighted by Crippen LogP contribution is 2.45. The van der Waals surface area contributed by atoms with Crippen molar-refractivity contribution in [3.8, 4) is 17.2 Å². The van der Waals surface area contributed by atoms with Crippen LogP contribution in [0.3, 0.4) is 0 Å². The number of carboxylic acids is 1. The van der Waals surface area contributed by atoms with Crippen molar-refractivity contribution in [2.24, 2.45) is 5.92 Å². The van der Waals surface area contributed by atoms with Crippen molar-refractivity contribution in [3.63, 3.8) is 0 Å². The van der Waals surface area contributed by atoms with E-state index in [0.717, 1.165) is 29.0 Å². The van der Waals surface area contributed by atoms with Gasteiger partial charge in [-0.15, -0.1) is 0 Å². The number of aromatic nitrogens is 1. The van der Waals surface area contributed by atoms with Crippen LogP contribution in [0.15, 0.2) is 36.5 Å². The molecule has 5 nitrogen and oxygen atoms in total. The van der Waals surface area contributed by atoms with Gasteiger partial charge in [0.05, 0.1) is 5.02 Å². The van der Waals surface area contributed by atoms with E-state index in [9.17, 15) is 18.0 Å². The lowest BCUT2D eigenvalue weighted by atomic mass is 9.85. The number of fused-ring (bicyclic) bond motifs is 1. The lowest BCUT2D eigenvalue weighted by Gasteiger charge is -2.21. The maximum Gasteiger partial charge on any atom is 0.420 e. The molecule has 1 saturated carbocycles. The topological polar surface area (TPSA) is 71.6 Å². The fourth-order valence-electron chi connectivity index (χ4n) is 4.32. The number of hydrogen-bond acceptors (Lipinski definition) is 3. The summed E-state index contributed by atoms with van der Waals surface area (Å²) < 4.78 is 51.7. The van der Waals surface area contributed by atoms with Gasteiger partial charge < -0.3 is 19.6 Å². The van der Waals surface area contributed by atoms with Gasteiger partial charge >= 0.3 is 12.1 Å². The number of nitrogens with one attached hydrogen (secondary N) is 1. The molecule has 0 unspecified atom stereocenters. The van der Waals surface area contributed by atoms with Crippen LogP contribution < -0.4 is 9.47 Å². The molecule has 33 heavy (non-hydrogen) atoms. The van der Waals surface area contributed by atoms with Crippen molar-refractivity contribution in [2.75, 3.05) is 6.61 Å². The second-order valence-electron chi connectivity index (χ2n) is 8.29. The summed E-state index contributed by atoms with van der Waals surface area (Å²) in [6.07, 6.45) is 4.17. The minimum atomic E-state index is -4.79. The molecule has 176 valence electrons. The second kappa shape index (κ2) is 9.55. The second-order valence-corrected chi connectivity index (χ2v) is 8.70. The highest BCUT2D eigenvalue weighted by molar-refractivity contribution is 6.32. The van der Waals surface area contributed by atoms with Crippen molar-refractivity contribution < 1.29 is 32.5 Å². The first-order valence-electron chi connectivity index (χ1n) is 10.7. The first-order valence-corrected chi connectivity index (χ1v) is 11.1. The summed E-state index contributed by atoms with van der Waals surface area (Å²) >= 11 is 6.10. The average Bonchev–Trinajstić information content (AvgIpc) is 3.15. The number of hydrogen-bond donors (Lipinski definition) is 2. The van der Waals surface area contributed by atoms with Crippen molar-refractivity contribution in [3.05, 3.63) is 52.7 Å². The lowest BCUT2D eigenvalue weighted by molar-refractivity contribution is -0.139. The predicted molar refractivity (Wildman–Crippen MR) is 118 cm³/mol. The summed E-state index contributed by atoms with van der Waals surface area (Å²) in [5.74, 6) is -1.36. The summed E-state index contributed by atoms with van der Waals surface area (Å²) in [6.45, 7) is -0.790. The van der Waals surface area contributed by atoms with E-state index in [0.29, 0.717) is 12.0 Å². The zero-order valence-corrected chi connectivity index (χ0v) is 18.4. The molecule has 1 fully saturated rings. The largest absolute Gasteiger partial charge is 0.482 e. The smallest absolute Gasteiger partial charge is 0.420 e. The van der Waals surface area contributed by atoms with Crippen molar-refractivity contribution in [2.45, 2.75) is 44.7 Å². The van der Waals surface area contributed by atoms with Gasteiger partial charge in [0, 0.05) is 23.2 Å². The Labute approximate surface area is 193 Å². The van der Waals surface area contributed by atoms with Crippen LogP contribution in [0.1, 0.15) is 43.2 Å². The van der Waals surface area contributed by atoms with Gasteiger partial charge in [-0.1, -0.05) is 43.7 Å². The zero-order chi connectivity index (χ0) is 23.6. The normalized spacial score (nSPS) is 15.0. The Morgan fingerprint density at radius 2 is 1.88 bits per heavy atom. The van der Waals surface area contributed by atoms with Gasteiger partial charge in [-0.3, -0.25) is 0 Å². The van der Waals surface area contributed by atoms with Crippen molar-refractivity contribution in [1.29, 1.82) is 0 Å². The van der Waals surface area contributed by atoms with Gasteiger partial charge in [0.1, 0.15) is 17.1 Å². The Balaban J connectivity index is 1.64. The van der Waals surface area contributed by atoms with Crippen LogP contribution in [0.25, 0.3) is 10.9 Å². The van der Waals surface area contributed by atoms with E-state index in [1.807, 2.05) is 6.20 Å². The van der Waals surface area contributed by atoms with Crippen LogP contribution in [0.5, 0.6) is 17.2 Å². The molecular weight excluding hydrogens is 459 g/mol. The molecular formula is C24H23ClF3NO4. The van der Waals surface area contributed by atoms with Gasteiger partial charge in [-0.2, -0.15) is 13.2 Å². The molecule has 0 aliphatic heterocycles. The summed E-state index contributed by atoms with van der Waals surface area (Å²) in [4.78, 5) is 13.9.